The highest BCUT2D eigenvalue weighted by atomic mass is 32.2. The Bertz CT molecular complexity index is 690. The van der Waals surface area contributed by atoms with Crippen molar-refractivity contribution >= 4 is 15.9 Å². The molecule has 0 aromatic heterocycles. The fraction of sp³-hybridized carbons (Fsp3) is 0.611. The highest BCUT2D eigenvalue weighted by molar-refractivity contribution is 7.89. The van der Waals surface area contributed by atoms with Crippen LogP contribution in [0.4, 0.5) is 0 Å². The number of carbonyl (C=O) groups is 1. The van der Waals surface area contributed by atoms with Crippen LogP contribution in [0.15, 0.2) is 23.1 Å². The maximum absolute atomic E-state index is 12.8. The van der Waals surface area contributed by atoms with Crippen molar-refractivity contribution in [1.29, 1.82) is 0 Å². The van der Waals surface area contributed by atoms with Crippen molar-refractivity contribution in [2.45, 2.75) is 57.9 Å². The van der Waals surface area contributed by atoms with Gasteiger partial charge in [-0.25, -0.2) is 8.42 Å². The molecule has 1 aliphatic heterocycles. The molecule has 1 fully saturated rings. The molecule has 1 saturated heterocycles. The Labute approximate surface area is 145 Å². The van der Waals surface area contributed by atoms with E-state index in [-0.39, 0.29) is 11.9 Å². The molecule has 0 saturated carbocycles. The molecule has 0 atom stereocenters. The molecule has 1 heterocycles. The molecule has 1 N–H and O–H groups in total. The van der Waals surface area contributed by atoms with Crippen LogP contribution in [0.25, 0.3) is 0 Å². The normalized spacial score (nSPS) is 17.2. The number of aryl methyl sites for hydroxylation is 2. The fourth-order valence-corrected chi connectivity index (χ4v) is 4.48. The standard InChI is InChI=1S/C18H28N2O3S/c1-13(2)11-18(21)19-16-7-9-20(10-8-16)24(22,23)17-6-5-14(3)15(4)12-17/h5-6,12-13,16H,7-11H2,1-4H3,(H,19,21). The predicted molar refractivity (Wildman–Crippen MR) is 95.3 cm³/mol. The van der Waals surface area contributed by atoms with Gasteiger partial charge in [0.25, 0.3) is 0 Å². The third-order valence-corrected chi connectivity index (χ3v) is 6.42. The third kappa shape index (κ3) is 4.57. The van der Waals surface area contributed by atoms with Crippen LogP contribution in [0.1, 0.15) is 44.2 Å². The van der Waals surface area contributed by atoms with E-state index in [2.05, 4.69) is 5.32 Å². The topological polar surface area (TPSA) is 66.5 Å². The molecule has 0 bridgehead atoms. The van der Waals surface area contributed by atoms with E-state index >= 15 is 0 Å². The van der Waals surface area contributed by atoms with Gasteiger partial charge in [0, 0.05) is 25.6 Å². The van der Waals surface area contributed by atoms with Gasteiger partial charge in [0.15, 0.2) is 0 Å². The quantitative estimate of drug-likeness (QED) is 0.886. The number of amides is 1. The van der Waals surface area contributed by atoms with Crippen LogP contribution in [-0.2, 0) is 14.8 Å². The Morgan fingerprint density at radius 3 is 2.38 bits per heavy atom. The molecule has 5 nitrogen and oxygen atoms in total. The Balaban J connectivity index is 1.98. The number of piperidine rings is 1. The molecule has 6 heteroatoms. The van der Waals surface area contributed by atoms with E-state index in [0.29, 0.717) is 43.2 Å². The second-order valence-electron chi connectivity index (χ2n) is 7.09. The first kappa shape index (κ1) is 18.9. The molecule has 24 heavy (non-hydrogen) atoms. The predicted octanol–water partition coefficient (Wildman–Crippen LogP) is 2.62. The van der Waals surface area contributed by atoms with Crippen LogP contribution < -0.4 is 5.32 Å². The summed E-state index contributed by atoms with van der Waals surface area (Å²) in [7, 11) is -3.45. The summed E-state index contributed by atoms with van der Waals surface area (Å²) in [6.07, 6.45) is 1.84. The van der Waals surface area contributed by atoms with Crippen molar-refractivity contribution < 1.29 is 13.2 Å². The molecule has 1 amide bonds. The van der Waals surface area contributed by atoms with E-state index in [1.165, 1.54) is 4.31 Å². The van der Waals surface area contributed by atoms with Crippen LogP contribution in [0, 0.1) is 19.8 Å². The fourth-order valence-electron chi connectivity index (χ4n) is 2.92. The zero-order valence-electron chi connectivity index (χ0n) is 15.0. The van der Waals surface area contributed by atoms with Crippen LogP contribution in [-0.4, -0.2) is 37.8 Å². The summed E-state index contributed by atoms with van der Waals surface area (Å²) in [6.45, 7) is 8.81. The first-order chi connectivity index (χ1) is 11.2. The molecule has 0 spiro atoms. The number of nitrogens with one attached hydrogen (secondary N) is 1. The lowest BCUT2D eigenvalue weighted by molar-refractivity contribution is -0.122. The van der Waals surface area contributed by atoms with Gasteiger partial charge >= 0.3 is 0 Å². The minimum absolute atomic E-state index is 0.0560. The summed E-state index contributed by atoms with van der Waals surface area (Å²) < 4.78 is 27.1. The Kier molecular flexibility index (Phi) is 6.04. The number of rotatable bonds is 5. The average molecular weight is 353 g/mol. The molecule has 1 aromatic carbocycles. The lowest BCUT2D eigenvalue weighted by Crippen LogP contribution is -2.46. The molecule has 1 aromatic rings. The summed E-state index contributed by atoms with van der Waals surface area (Å²) in [5, 5.41) is 3.02. The lowest BCUT2D eigenvalue weighted by atomic mass is 10.1. The monoisotopic (exact) mass is 352 g/mol. The summed E-state index contributed by atoms with van der Waals surface area (Å²) in [5.74, 6) is 0.385. The van der Waals surface area contributed by atoms with Gasteiger partial charge in [0.2, 0.25) is 15.9 Å². The van der Waals surface area contributed by atoms with Crippen LogP contribution in [0.3, 0.4) is 0 Å². The lowest BCUT2D eigenvalue weighted by Gasteiger charge is -2.31. The van der Waals surface area contributed by atoms with Gasteiger partial charge in [-0.05, 0) is 55.9 Å². The van der Waals surface area contributed by atoms with E-state index in [4.69, 9.17) is 0 Å². The van der Waals surface area contributed by atoms with Gasteiger partial charge in [-0.15, -0.1) is 0 Å². The molecular formula is C18H28N2O3S. The summed E-state index contributed by atoms with van der Waals surface area (Å²) >= 11 is 0. The molecule has 0 unspecified atom stereocenters. The second kappa shape index (κ2) is 7.66. The van der Waals surface area contributed by atoms with Gasteiger partial charge in [0.1, 0.15) is 0 Å². The zero-order valence-corrected chi connectivity index (χ0v) is 15.8. The third-order valence-electron chi connectivity index (χ3n) is 4.53. The van der Waals surface area contributed by atoms with E-state index in [1.54, 1.807) is 12.1 Å². The Morgan fingerprint density at radius 2 is 1.83 bits per heavy atom. The number of nitrogens with zero attached hydrogens (tertiary/aromatic N) is 1. The Hall–Kier alpha value is -1.40. The van der Waals surface area contributed by atoms with E-state index < -0.39 is 10.0 Å². The van der Waals surface area contributed by atoms with Crippen molar-refractivity contribution in [2.75, 3.05) is 13.1 Å². The van der Waals surface area contributed by atoms with Crippen molar-refractivity contribution in [2.24, 2.45) is 5.92 Å². The Morgan fingerprint density at radius 1 is 1.21 bits per heavy atom. The molecule has 0 aliphatic carbocycles. The summed E-state index contributed by atoms with van der Waals surface area (Å²) in [6, 6.07) is 5.33. The van der Waals surface area contributed by atoms with Crippen molar-refractivity contribution in [3.63, 3.8) is 0 Å². The van der Waals surface area contributed by atoms with Crippen molar-refractivity contribution in [3.05, 3.63) is 29.3 Å². The number of hydrogen-bond acceptors (Lipinski definition) is 3. The number of hydrogen-bond donors (Lipinski definition) is 1. The SMILES string of the molecule is Cc1ccc(S(=O)(=O)N2CCC(NC(=O)CC(C)C)CC2)cc1C. The second-order valence-corrected chi connectivity index (χ2v) is 9.03. The van der Waals surface area contributed by atoms with E-state index in [9.17, 15) is 13.2 Å². The molecule has 2 rings (SSSR count). The molecule has 134 valence electrons. The number of benzene rings is 1. The summed E-state index contributed by atoms with van der Waals surface area (Å²) in [5.41, 5.74) is 2.06. The van der Waals surface area contributed by atoms with Crippen LogP contribution in [0.5, 0.6) is 0 Å². The van der Waals surface area contributed by atoms with Gasteiger partial charge in [-0.1, -0.05) is 19.9 Å². The minimum Gasteiger partial charge on any atom is -0.353 e. The molecule has 0 radical (unpaired) electrons. The first-order valence-corrected chi connectivity index (χ1v) is 10.0. The van der Waals surface area contributed by atoms with Gasteiger partial charge < -0.3 is 5.32 Å². The smallest absolute Gasteiger partial charge is 0.243 e. The minimum atomic E-state index is -3.45. The van der Waals surface area contributed by atoms with Gasteiger partial charge in [-0.2, -0.15) is 4.31 Å². The van der Waals surface area contributed by atoms with E-state index in [0.717, 1.165) is 11.1 Å². The number of carbonyl (C=O) groups excluding carboxylic acids is 1. The maximum Gasteiger partial charge on any atom is 0.243 e. The van der Waals surface area contributed by atoms with Crippen LogP contribution >= 0.6 is 0 Å². The van der Waals surface area contributed by atoms with Gasteiger partial charge in [0.05, 0.1) is 4.90 Å². The highest BCUT2D eigenvalue weighted by Crippen LogP contribution is 2.22. The zero-order chi connectivity index (χ0) is 17.9. The van der Waals surface area contributed by atoms with E-state index in [1.807, 2.05) is 33.8 Å². The largest absolute Gasteiger partial charge is 0.353 e. The maximum atomic E-state index is 12.8. The number of sulfonamides is 1. The van der Waals surface area contributed by atoms with Crippen LogP contribution in [0.2, 0.25) is 0 Å². The highest BCUT2D eigenvalue weighted by Gasteiger charge is 2.30. The average Bonchev–Trinajstić information content (AvgIpc) is 2.49. The van der Waals surface area contributed by atoms with Crippen molar-refractivity contribution in [1.82, 2.24) is 9.62 Å². The molecule has 1 aliphatic rings. The summed E-state index contributed by atoms with van der Waals surface area (Å²) in [4.78, 5) is 12.2. The molecular weight excluding hydrogens is 324 g/mol. The van der Waals surface area contributed by atoms with Crippen molar-refractivity contribution in [3.8, 4) is 0 Å². The van der Waals surface area contributed by atoms with Gasteiger partial charge in [-0.3, -0.25) is 4.79 Å². The first-order valence-electron chi connectivity index (χ1n) is 8.57.